The van der Waals surface area contributed by atoms with E-state index in [1.807, 2.05) is 0 Å². The lowest BCUT2D eigenvalue weighted by atomic mass is 9.83. The summed E-state index contributed by atoms with van der Waals surface area (Å²) in [7, 11) is -2.71. The van der Waals surface area contributed by atoms with Crippen LogP contribution in [0.25, 0.3) is 0 Å². The molecule has 1 atom stereocenters. The highest BCUT2D eigenvalue weighted by molar-refractivity contribution is 9.10. The normalized spacial score (nSPS) is 18.5. The SMILES string of the molecule is Cc1noc(C)c1S(=O)(=O)Oc1ccc(C2(c3ccc(F)c(Br)c3)N=C(N)N(C)C2=O)cc1. The second kappa shape index (κ2) is 7.96. The Morgan fingerprint density at radius 1 is 1.15 bits per heavy atom. The van der Waals surface area contributed by atoms with Gasteiger partial charge in [0.05, 0.1) is 4.47 Å². The molecule has 4 rings (SSSR count). The topological polar surface area (TPSA) is 128 Å². The summed E-state index contributed by atoms with van der Waals surface area (Å²) in [6.45, 7) is 2.96. The van der Waals surface area contributed by atoms with Crippen molar-refractivity contribution in [2.75, 3.05) is 7.05 Å². The lowest BCUT2D eigenvalue weighted by Crippen LogP contribution is -2.41. The summed E-state index contributed by atoms with van der Waals surface area (Å²) in [6, 6.07) is 9.90. The molecule has 1 aliphatic heterocycles. The Balaban J connectivity index is 1.76. The molecule has 1 aromatic heterocycles. The van der Waals surface area contributed by atoms with Gasteiger partial charge >= 0.3 is 10.1 Å². The molecular weight excluding hydrogens is 519 g/mol. The molecule has 2 heterocycles. The Kier molecular flexibility index (Phi) is 5.53. The van der Waals surface area contributed by atoms with Crippen molar-refractivity contribution in [2.45, 2.75) is 24.3 Å². The van der Waals surface area contributed by atoms with Gasteiger partial charge < -0.3 is 14.4 Å². The standard InChI is InChI=1S/C21H18BrFN4O5S/c1-11-18(12(2)31-26-11)33(29,30)32-15-7-4-13(5-8-15)21(19(28)27(3)20(24)25-21)14-6-9-17(23)16(22)10-14/h4-10H,1-3H3,(H2,24,25). The van der Waals surface area contributed by atoms with Crippen LogP contribution in [0.5, 0.6) is 5.75 Å². The number of guanidine groups is 1. The summed E-state index contributed by atoms with van der Waals surface area (Å²) in [5.41, 5.74) is 5.30. The zero-order valence-corrected chi connectivity index (χ0v) is 20.1. The molecule has 33 heavy (non-hydrogen) atoms. The maximum atomic E-state index is 13.9. The van der Waals surface area contributed by atoms with Gasteiger partial charge in [0.2, 0.25) is 0 Å². The van der Waals surface area contributed by atoms with Crippen LogP contribution in [-0.4, -0.2) is 37.4 Å². The summed E-state index contributed by atoms with van der Waals surface area (Å²) >= 11 is 3.14. The van der Waals surface area contributed by atoms with Crippen molar-refractivity contribution in [3.05, 3.63) is 75.3 Å². The Labute approximate surface area is 197 Å². The minimum absolute atomic E-state index is 0.00457. The third-order valence-corrected chi connectivity index (χ3v) is 7.38. The number of benzene rings is 2. The van der Waals surface area contributed by atoms with Crippen LogP contribution < -0.4 is 9.92 Å². The predicted octanol–water partition coefficient (Wildman–Crippen LogP) is 2.99. The lowest BCUT2D eigenvalue weighted by molar-refractivity contribution is -0.129. The van der Waals surface area contributed by atoms with E-state index in [2.05, 4.69) is 26.1 Å². The molecule has 1 aliphatic rings. The fourth-order valence-electron chi connectivity index (χ4n) is 3.66. The van der Waals surface area contributed by atoms with Gasteiger partial charge in [0.25, 0.3) is 5.91 Å². The van der Waals surface area contributed by atoms with Crippen LogP contribution in [0.15, 0.2) is 61.3 Å². The summed E-state index contributed by atoms with van der Waals surface area (Å²) in [4.78, 5) is 18.7. The third kappa shape index (κ3) is 3.68. The van der Waals surface area contributed by atoms with Crippen molar-refractivity contribution in [2.24, 2.45) is 10.7 Å². The van der Waals surface area contributed by atoms with Crippen molar-refractivity contribution < 1.29 is 26.3 Å². The first-order valence-corrected chi connectivity index (χ1v) is 11.7. The average molecular weight is 537 g/mol. The minimum atomic E-state index is -4.20. The summed E-state index contributed by atoms with van der Waals surface area (Å²) in [6.07, 6.45) is 0. The largest absolute Gasteiger partial charge is 0.379 e. The number of aryl methyl sites for hydroxylation is 2. The van der Waals surface area contributed by atoms with Crippen LogP contribution in [0.4, 0.5) is 4.39 Å². The predicted molar refractivity (Wildman–Crippen MR) is 120 cm³/mol. The van der Waals surface area contributed by atoms with Crippen molar-refractivity contribution >= 4 is 37.9 Å². The molecule has 0 saturated carbocycles. The highest BCUT2D eigenvalue weighted by Crippen LogP contribution is 2.41. The first-order valence-electron chi connectivity index (χ1n) is 9.54. The van der Waals surface area contributed by atoms with E-state index in [9.17, 15) is 17.6 Å². The molecule has 3 aromatic rings. The van der Waals surface area contributed by atoms with E-state index in [-0.39, 0.29) is 32.5 Å². The van der Waals surface area contributed by atoms with Gasteiger partial charge in [-0.15, -0.1) is 0 Å². The number of aliphatic imine (C=N–C) groups is 1. The second-order valence-electron chi connectivity index (χ2n) is 7.39. The zero-order chi connectivity index (χ0) is 24.1. The van der Waals surface area contributed by atoms with Crippen LogP contribution in [0, 0.1) is 19.7 Å². The highest BCUT2D eigenvalue weighted by atomic mass is 79.9. The van der Waals surface area contributed by atoms with Gasteiger partial charge in [0.15, 0.2) is 22.2 Å². The number of nitrogens with two attached hydrogens (primary N) is 1. The molecule has 12 heteroatoms. The molecule has 2 aromatic carbocycles. The maximum absolute atomic E-state index is 13.9. The van der Waals surface area contributed by atoms with E-state index in [0.717, 1.165) is 0 Å². The summed E-state index contributed by atoms with van der Waals surface area (Å²) in [5.74, 6) is -0.852. The van der Waals surface area contributed by atoms with Gasteiger partial charge in [-0.1, -0.05) is 23.4 Å². The molecule has 172 valence electrons. The van der Waals surface area contributed by atoms with Gasteiger partial charge in [-0.2, -0.15) is 8.42 Å². The molecule has 1 unspecified atom stereocenters. The fraction of sp³-hybridized carbons (Fsp3) is 0.190. The van der Waals surface area contributed by atoms with Crippen molar-refractivity contribution in [3.8, 4) is 5.75 Å². The molecule has 1 amide bonds. The first-order chi connectivity index (χ1) is 15.5. The smallest absolute Gasteiger partial charge is 0.344 e. The van der Waals surface area contributed by atoms with Crippen molar-refractivity contribution in [1.82, 2.24) is 10.1 Å². The number of nitrogens with zero attached hydrogens (tertiary/aromatic N) is 3. The van der Waals surface area contributed by atoms with Gasteiger partial charge in [-0.3, -0.25) is 9.69 Å². The van der Waals surface area contributed by atoms with Gasteiger partial charge in [-0.05, 0) is 65.2 Å². The summed E-state index contributed by atoms with van der Waals surface area (Å²) < 4.78 is 49.5. The minimum Gasteiger partial charge on any atom is -0.379 e. The quantitative estimate of drug-likeness (QED) is 0.496. The molecule has 9 nitrogen and oxygen atoms in total. The number of likely N-dealkylation sites (N-methyl/N-ethyl adjacent to an activating group) is 1. The molecule has 2 N–H and O–H groups in total. The van der Waals surface area contributed by atoms with E-state index in [1.54, 1.807) is 0 Å². The van der Waals surface area contributed by atoms with Crippen LogP contribution in [0.2, 0.25) is 0 Å². The Hall–Kier alpha value is -3.25. The van der Waals surface area contributed by atoms with Crippen LogP contribution in [-0.2, 0) is 20.5 Å². The fourth-order valence-corrected chi connectivity index (χ4v) is 5.27. The maximum Gasteiger partial charge on any atom is 0.344 e. The van der Waals surface area contributed by atoms with Gasteiger partial charge in [-0.25, -0.2) is 9.38 Å². The summed E-state index contributed by atoms with van der Waals surface area (Å²) in [5, 5.41) is 3.64. The monoisotopic (exact) mass is 536 g/mol. The molecule has 0 spiro atoms. The number of hydrogen-bond donors (Lipinski definition) is 1. The third-order valence-electron chi connectivity index (χ3n) is 5.27. The number of aromatic nitrogens is 1. The molecule has 0 fully saturated rings. The Morgan fingerprint density at radius 2 is 1.79 bits per heavy atom. The van der Waals surface area contributed by atoms with Crippen LogP contribution >= 0.6 is 15.9 Å². The number of halogens is 2. The number of carbonyl (C=O) groups is 1. The first kappa shape index (κ1) is 22.9. The van der Waals surface area contributed by atoms with Crippen molar-refractivity contribution in [1.29, 1.82) is 0 Å². The zero-order valence-electron chi connectivity index (χ0n) is 17.7. The van der Waals surface area contributed by atoms with E-state index < -0.39 is 27.4 Å². The van der Waals surface area contributed by atoms with E-state index >= 15 is 0 Å². The van der Waals surface area contributed by atoms with E-state index in [1.165, 1.54) is 68.3 Å². The van der Waals surface area contributed by atoms with Crippen LogP contribution in [0.3, 0.4) is 0 Å². The van der Waals surface area contributed by atoms with Gasteiger partial charge in [0.1, 0.15) is 17.3 Å². The molecular formula is C21H18BrFN4O5S. The van der Waals surface area contributed by atoms with Crippen molar-refractivity contribution in [3.63, 3.8) is 0 Å². The average Bonchev–Trinajstić information content (AvgIpc) is 3.22. The van der Waals surface area contributed by atoms with E-state index in [4.69, 9.17) is 14.4 Å². The number of amides is 1. The lowest BCUT2D eigenvalue weighted by Gasteiger charge is -2.26. The highest BCUT2D eigenvalue weighted by Gasteiger charge is 2.49. The molecule has 0 aliphatic carbocycles. The van der Waals surface area contributed by atoms with E-state index in [0.29, 0.717) is 11.1 Å². The van der Waals surface area contributed by atoms with Gasteiger partial charge in [0, 0.05) is 7.05 Å². The Bertz CT molecular complexity index is 1390. The molecule has 0 saturated heterocycles. The number of carbonyl (C=O) groups excluding carboxylic acids is 1. The number of rotatable bonds is 5. The second-order valence-corrected chi connectivity index (χ2v) is 9.73. The number of hydrogen-bond acceptors (Lipinski definition) is 8. The molecule has 0 radical (unpaired) electrons. The molecule has 0 bridgehead atoms. The van der Waals surface area contributed by atoms with Crippen LogP contribution in [0.1, 0.15) is 22.6 Å². The Morgan fingerprint density at radius 3 is 2.30 bits per heavy atom.